The first-order chi connectivity index (χ1) is 20.5. The zero-order valence-electron chi connectivity index (χ0n) is 26.5. The Morgan fingerprint density at radius 1 is 1.00 bits per heavy atom. The van der Waals surface area contributed by atoms with Gasteiger partial charge in [0.25, 0.3) is 0 Å². The molecule has 0 aromatic rings. The molecular weight excluding hydrogens is 548 g/mol. The van der Waals surface area contributed by atoms with Gasteiger partial charge in [-0.2, -0.15) is 0 Å². The Balaban J connectivity index is 1.36. The van der Waals surface area contributed by atoms with Gasteiger partial charge >= 0.3 is 12.1 Å². The van der Waals surface area contributed by atoms with Crippen LogP contribution in [0.5, 0.6) is 0 Å². The Bertz CT molecular complexity index is 1110. The number of hydrogen-bond acceptors (Lipinski definition) is 8. The van der Waals surface area contributed by atoms with Crippen molar-refractivity contribution in [1.82, 2.24) is 0 Å². The number of aliphatic hydroxyl groups is 1. The van der Waals surface area contributed by atoms with E-state index in [1.165, 1.54) is 12.8 Å². The second-order valence-electron chi connectivity index (χ2n) is 14.6. The van der Waals surface area contributed by atoms with Crippen molar-refractivity contribution in [3.05, 3.63) is 11.6 Å². The maximum Gasteiger partial charge on any atom is 0.509 e. The van der Waals surface area contributed by atoms with E-state index in [0.717, 1.165) is 56.9 Å². The zero-order valence-corrected chi connectivity index (χ0v) is 26.5. The molecule has 5 aliphatic carbocycles. The van der Waals surface area contributed by atoms with Crippen LogP contribution >= 0.6 is 0 Å². The highest BCUT2D eigenvalue weighted by molar-refractivity contribution is 5.93. The van der Waals surface area contributed by atoms with Gasteiger partial charge in [-0.15, -0.1) is 0 Å². The van der Waals surface area contributed by atoms with Crippen molar-refractivity contribution in [3.8, 4) is 0 Å². The third-order valence-corrected chi connectivity index (χ3v) is 12.3. The summed E-state index contributed by atoms with van der Waals surface area (Å²) in [7, 11) is 0. The number of rotatable bonds is 11. The SMILES string of the molecule is CCCCCOC(=O)O[C@]1(C(=O)COC(=O)CCC2CCCC2)CC[C@H]2[C@@H]3CCC4=CC(=O)CC[C@]4(C)[C@H]3[C@@H](O)C[C@@]21C. The first kappa shape index (κ1) is 32.2. The molecule has 0 radical (unpaired) electrons. The highest BCUT2D eigenvalue weighted by Crippen LogP contribution is 2.68. The topological polar surface area (TPSA) is 116 Å². The summed E-state index contributed by atoms with van der Waals surface area (Å²) in [5.41, 5.74) is -1.51. The predicted molar refractivity (Wildman–Crippen MR) is 160 cm³/mol. The predicted octanol–water partition coefficient (Wildman–Crippen LogP) is 6.65. The summed E-state index contributed by atoms with van der Waals surface area (Å²) < 4.78 is 17.1. The Kier molecular flexibility index (Phi) is 9.75. The second kappa shape index (κ2) is 13.0. The Morgan fingerprint density at radius 2 is 1.77 bits per heavy atom. The molecule has 0 spiro atoms. The number of fused-ring (bicyclic) bond motifs is 5. The molecule has 8 heteroatoms. The molecule has 5 aliphatic rings. The number of Topliss-reactive ketones (excluding diaryl/α,β-unsaturated/α-hetero) is 1. The second-order valence-corrected chi connectivity index (χ2v) is 14.6. The van der Waals surface area contributed by atoms with Crippen LogP contribution in [0.25, 0.3) is 0 Å². The van der Waals surface area contributed by atoms with E-state index in [-0.39, 0.29) is 42.0 Å². The molecule has 43 heavy (non-hydrogen) atoms. The zero-order chi connectivity index (χ0) is 30.8. The number of esters is 1. The molecule has 7 atom stereocenters. The van der Waals surface area contributed by atoms with Crippen molar-refractivity contribution < 1.29 is 38.5 Å². The van der Waals surface area contributed by atoms with Gasteiger partial charge in [-0.05, 0) is 86.5 Å². The normalized spacial score (nSPS) is 37.1. The molecule has 0 saturated heterocycles. The summed E-state index contributed by atoms with van der Waals surface area (Å²) in [5.74, 6) is 0.0144. The molecule has 4 fully saturated rings. The number of carbonyl (C=O) groups excluding carboxylic acids is 4. The van der Waals surface area contributed by atoms with Gasteiger partial charge in [0.15, 0.2) is 18.0 Å². The summed E-state index contributed by atoms with van der Waals surface area (Å²) >= 11 is 0. The fourth-order valence-electron chi connectivity index (χ4n) is 9.99. The lowest BCUT2D eigenvalue weighted by atomic mass is 9.45. The van der Waals surface area contributed by atoms with Gasteiger partial charge < -0.3 is 19.3 Å². The number of aliphatic hydroxyl groups excluding tert-OH is 1. The number of carbonyl (C=O) groups is 4. The average molecular weight is 601 g/mol. The van der Waals surface area contributed by atoms with E-state index in [1.54, 1.807) is 6.08 Å². The lowest BCUT2D eigenvalue weighted by Gasteiger charge is -2.60. The Morgan fingerprint density at radius 3 is 2.51 bits per heavy atom. The third kappa shape index (κ3) is 6.06. The molecule has 0 amide bonds. The highest BCUT2D eigenvalue weighted by atomic mass is 16.7. The number of ether oxygens (including phenoxy) is 3. The van der Waals surface area contributed by atoms with E-state index < -0.39 is 41.6 Å². The van der Waals surface area contributed by atoms with Crippen LogP contribution in [0.3, 0.4) is 0 Å². The monoisotopic (exact) mass is 600 g/mol. The molecular formula is C35H52O8. The van der Waals surface area contributed by atoms with Gasteiger partial charge in [0.05, 0.1) is 12.7 Å². The van der Waals surface area contributed by atoms with Crippen molar-refractivity contribution in [2.45, 2.75) is 135 Å². The maximum atomic E-state index is 14.2. The number of ketones is 2. The van der Waals surface area contributed by atoms with Crippen molar-refractivity contribution in [2.75, 3.05) is 13.2 Å². The van der Waals surface area contributed by atoms with Crippen molar-refractivity contribution in [3.63, 3.8) is 0 Å². The number of allylic oxidation sites excluding steroid dienone is 1. The van der Waals surface area contributed by atoms with Crippen LogP contribution in [0.1, 0.15) is 124 Å². The van der Waals surface area contributed by atoms with Gasteiger partial charge in [-0.25, -0.2) is 4.79 Å². The van der Waals surface area contributed by atoms with Crippen molar-refractivity contribution in [1.29, 1.82) is 0 Å². The van der Waals surface area contributed by atoms with Gasteiger partial charge in [-0.1, -0.05) is 64.9 Å². The maximum absolute atomic E-state index is 14.2. The van der Waals surface area contributed by atoms with Gasteiger partial charge in [0.1, 0.15) is 0 Å². The highest BCUT2D eigenvalue weighted by Gasteiger charge is 2.70. The van der Waals surface area contributed by atoms with Crippen LogP contribution in [0, 0.1) is 34.5 Å². The van der Waals surface area contributed by atoms with Crippen molar-refractivity contribution >= 4 is 23.7 Å². The smallest absolute Gasteiger partial charge is 0.457 e. The molecule has 0 aliphatic heterocycles. The molecule has 1 N–H and O–H groups in total. The minimum Gasteiger partial charge on any atom is -0.457 e. The van der Waals surface area contributed by atoms with E-state index in [9.17, 15) is 24.3 Å². The molecule has 8 nitrogen and oxygen atoms in total. The van der Waals surface area contributed by atoms with E-state index in [0.29, 0.717) is 38.0 Å². The summed E-state index contributed by atoms with van der Waals surface area (Å²) in [5, 5.41) is 11.8. The summed E-state index contributed by atoms with van der Waals surface area (Å²) in [6.45, 7) is 6.00. The first-order valence-electron chi connectivity index (χ1n) is 17.0. The van der Waals surface area contributed by atoms with E-state index in [4.69, 9.17) is 14.2 Å². The molecule has 0 aromatic heterocycles. The van der Waals surface area contributed by atoms with E-state index >= 15 is 0 Å². The molecule has 0 unspecified atom stereocenters. The summed E-state index contributed by atoms with van der Waals surface area (Å²) in [4.78, 5) is 52.2. The van der Waals surface area contributed by atoms with Crippen LogP contribution in [0.2, 0.25) is 0 Å². The van der Waals surface area contributed by atoms with Crippen LogP contribution in [0.4, 0.5) is 4.79 Å². The molecule has 0 bridgehead atoms. The Labute approximate surface area is 256 Å². The first-order valence-corrected chi connectivity index (χ1v) is 17.0. The number of unbranched alkanes of at least 4 members (excludes halogenated alkanes) is 2. The third-order valence-electron chi connectivity index (χ3n) is 12.3. The number of hydrogen-bond donors (Lipinski definition) is 1. The van der Waals surface area contributed by atoms with Crippen LogP contribution in [0.15, 0.2) is 11.6 Å². The van der Waals surface area contributed by atoms with Crippen LogP contribution in [-0.2, 0) is 28.6 Å². The molecule has 4 saturated carbocycles. The lowest BCUT2D eigenvalue weighted by Crippen LogP contribution is -2.63. The lowest BCUT2D eigenvalue weighted by molar-refractivity contribution is -0.189. The van der Waals surface area contributed by atoms with Crippen molar-refractivity contribution in [2.24, 2.45) is 34.5 Å². The molecule has 0 heterocycles. The minimum absolute atomic E-state index is 0.0287. The van der Waals surface area contributed by atoms with E-state index in [2.05, 4.69) is 13.8 Å². The largest absolute Gasteiger partial charge is 0.509 e. The standard InChI is InChI=1S/C35H52O8/c1-4-5-8-19-41-32(40)43-35(29(38)22-42-30(39)14-11-23-9-6-7-10-23)18-16-27-26-13-12-24-20-25(36)15-17-33(24,2)31(26)28(37)21-34(27,35)3/h20,23,26-28,31,37H,4-19,21-22H2,1-3H3/t26-,27-,28-,31+,33-,34-,35-/m0/s1. The summed E-state index contributed by atoms with van der Waals surface area (Å²) in [6.07, 6.45) is 12.7. The van der Waals surface area contributed by atoms with Crippen LogP contribution in [-0.4, -0.2) is 53.7 Å². The molecule has 0 aromatic carbocycles. The van der Waals surface area contributed by atoms with Crippen LogP contribution < -0.4 is 0 Å². The fourth-order valence-corrected chi connectivity index (χ4v) is 9.99. The van der Waals surface area contributed by atoms with Gasteiger partial charge in [0, 0.05) is 18.3 Å². The van der Waals surface area contributed by atoms with E-state index in [1.807, 2.05) is 6.92 Å². The molecule has 240 valence electrons. The Hall–Kier alpha value is -2.22. The summed E-state index contributed by atoms with van der Waals surface area (Å²) in [6, 6.07) is 0. The van der Waals surface area contributed by atoms with Gasteiger partial charge in [-0.3, -0.25) is 14.4 Å². The quantitative estimate of drug-likeness (QED) is 0.207. The van der Waals surface area contributed by atoms with Gasteiger partial charge in [0.2, 0.25) is 5.78 Å². The molecule has 5 rings (SSSR count). The average Bonchev–Trinajstić information content (AvgIpc) is 3.59. The minimum atomic E-state index is -1.54. The fraction of sp³-hybridized carbons (Fsp3) is 0.829.